The lowest BCUT2D eigenvalue weighted by atomic mass is 9.72. The van der Waals surface area contributed by atoms with Crippen LogP contribution in [-0.4, -0.2) is 25.9 Å². The Kier molecular flexibility index (Phi) is 4.59. The van der Waals surface area contributed by atoms with E-state index in [0.717, 1.165) is 29.5 Å². The second-order valence-electron chi connectivity index (χ2n) is 7.93. The zero-order valence-electron chi connectivity index (χ0n) is 15.5. The van der Waals surface area contributed by atoms with E-state index in [-0.39, 0.29) is 23.4 Å². The Morgan fingerprint density at radius 1 is 1.41 bits per heavy atom. The number of rotatable bonds is 3. The number of aromatic nitrogens is 4. The van der Waals surface area contributed by atoms with Crippen LogP contribution in [0.1, 0.15) is 37.6 Å². The summed E-state index contributed by atoms with van der Waals surface area (Å²) < 4.78 is 1.15. The molecule has 4 rings (SSSR count). The van der Waals surface area contributed by atoms with Crippen molar-refractivity contribution in [3.8, 4) is 0 Å². The van der Waals surface area contributed by atoms with Gasteiger partial charge in [-0.25, -0.2) is 9.67 Å². The molecule has 1 N–H and O–H groups in total. The van der Waals surface area contributed by atoms with Crippen LogP contribution in [0.4, 0.5) is 5.13 Å². The average molecular weight is 404 g/mol. The SMILES string of the molecule is CC(C)(C)[C@@H]1CCc2c(sc3nnn(CC(=O)Nc4nccs4)c(=O)c23)C1. The predicted octanol–water partition coefficient (Wildman–Crippen LogP) is 3.10. The maximum absolute atomic E-state index is 13.0. The van der Waals surface area contributed by atoms with E-state index in [1.54, 1.807) is 22.9 Å². The first kappa shape index (κ1) is 18.2. The Bertz CT molecular complexity index is 1050. The van der Waals surface area contributed by atoms with Crippen molar-refractivity contribution in [3.05, 3.63) is 32.4 Å². The van der Waals surface area contributed by atoms with E-state index < -0.39 is 0 Å². The fourth-order valence-corrected chi connectivity index (χ4v) is 5.33. The average Bonchev–Trinajstić information content (AvgIpc) is 3.23. The number of hydrogen-bond acceptors (Lipinski definition) is 7. The lowest BCUT2D eigenvalue weighted by molar-refractivity contribution is -0.117. The number of thiazole rings is 1. The van der Waals surface area contributed by atoms with E-state index in [2.05, 4.69) is 41.4 Å². The first-order valence-electron chi connectivity index (χ1n) is 8.90. The Balaban J connectivity index is 1.63. The standard InChI is InChI=1S/C18H21N5O2S2/c1-18(2,3)10-4-5-11-12(8-10)27-15-14(11)16(25)23(22-21-15)9-13(24)20-17-19-6-7-26-17/h6-7,10H,4-5,8-9H2,1-3H3,(H,19,20,24)/t10-/m1/s1. The highest BCUT2D eigenvalue weighted by Gasteiger charge is 2.32. The number of fused-ring (bicyclic) bond motifs is 3. The number of carbonyl (C=O) groups excluding carboxylic acids is 1. The summed E-state index contributed by atoms with van der Waals surface area (Å²) in [6, 6.07) is 0. The number of nitrogens with one attached hydrogen (secondary N) is 1. The second-order valence-corrected chi connectivity index (χ2v) is 9.91. The molecule has 1 aliphatic rings. The molecule has 1 atom stereocenters. The summed E-state index contributed by atoms with van der Waals surface area (Å²) in [4.78, 5) is 31.1. The smallest absolute Gasteiger partial charge is 0.279 e. The molecule has 1 aliphatic carbocycles. The van der Waals surface area contributed by atoms with Crippen LogP contribution in [0.5, 0.6) is 0 Å². The molecule has 0 bridgehead atoms. The number of carbonyl (C=O) groups is 1. The fourth-order valence-electron chi connectivity index (χ4n) is 3.55. The Labute approximate surface area is 164 Å². The lowest BCUT2D eigenvalue weighted by Gasteiger charge is -2.33. The number of aryl methyl sites for hydroxylation is 1. The first-order valence-corrected chi connectivity index (χ1v) is 10.6. The van der Waals surface area contributed by atoms with Gasteiger partial charge in [-0.3, -0.25) is 9.59 Å². The van der Waals surface area contributed by atoms with E-state index in [1.807, 2.05) is 0 Å². The lowest BCUT2D eigenvalue weighted by Crippen LogP contribution is -2.31. The van der Waals surface area contributed by atoms with E-state index in [4.69, 9.17) is 0 Å². The summed E-state index contributed by atoms with van der Waals surface area (Å²) >= 11 is 2.90. The molecule has 0 saturated carbocycles. The molecule has 0 radical (unpaired) electrons. The molecule has 9 heteroatoms. The van der Waals surface area contributed by atoms with Gasteiger partial charge in [-0.1, -0.05) is 26.0 Å². The molecule has 0 unspecified atom stereocenters. The van der Waals surface area contributed by atoms with Crippen LogP contribution >= 0.6 is 22.7 Å². The molecule has 3 aromatic heterocycles. The molecule has 0 spiro atoms. The molecule has 0 aromatic carbocycles. The number of thiophene rings is 1. The minimum Gasteiger partial charge on any atom is -0.300 e. The summed E-state index contributed by atoms with van der Waals surface area (Å²) in [5.74, 6) is 0.259. The van der Waals surface area contributed by atoms with E-state index in [9.17, 15) is 9.59 Å². The van der Waals surface area contributed by atoms with Gasteiger partial charge in [0.1, 0.15) is 6.54 Å². The van der Waals surface area contributed by atoms with Gasteiger partial charge < -0.3 is 5.32 Å². The van der Waals surface area contributed by atoms with Crippen molar-refractivity contribution in [2.45, 2.75) is 46.6 Å². The van der Waals surface area contributed by atoms with Gasteiger partial charge in [-0.05, 0) is 36.2 Å². The maximum atomic E-state index is 13.0. The van der Waals surface area contributed by atoms with Crippen molar-refractivity contribution in [1.29, 1.82) is 0 Å². The maximum Gasteiger partial charge on any atom is 0.279 e. The topological polar surface area (TPSA) is 89.8 Å². The first-order chi connectivity index (χ1) is 12.8. The number of hydrogen-bond donors (Lipinski definition) is 1. The zero-order chi connectivity index (χ0) is 19.2. The number of anilines is 1. The molecule has 1 amide bonds. The monoisotopic (exact) mass is 403 g/mol. The molecular formula is C18H21N5O2S2. The van der Waals surface area contributed by atoms with Crippen LogP contribution in [-0.2, 0) is 24.2 Å². The normalized spacial score (nSPS) is 17.1. The minimum absolute atomic E-state index is 0.170. The van der Waals surface area contributed by atoms with E-state index in [0.29, 0.717) is 21.3 Å². The third kappa shape index (κ3) is 3.53. The molecule has 0 aliphatic heterocycles. The molecule has 142 valence electrons. The summed E-state index contributed by atoms with van der Waals surface area (Å²) in [5.41, 5.74) is 1.11. The van der Waals surface area contributed by atoms with Gasteiger partial charge in [-0.15, -0.1) is 27.8 Å². The van der Waals surface area contributed by atoms with Crippen LogP contribution in [0.3, 0.4) is 0 Å². The Morgan fingerprint density at radius 3 is 2.93 bits per heavy atom. The highest BCUT2D eigenvalue weighted by molar-refractivity contribution is 7.18. The fraction of sp³-hybridized carbons (Fsp3) is 0.500. The van der Waals surface area contributed by atoms with E-state index >= 15 is 0 Å². The molecule has 0 fully saturated rings. The van der Waals surface area contributed by atoms with Crippen LogP contribution in [0, 0.1) is 11.3 Å². The highest BCUT2D eigenvalue weighted by atomic mass is 32.1. The molecule has 3 aromatic rings. The minimum atomic E-state index is -0.336. The Hall–Kier alpha value is -2.13. The van der Waals surface area contributed by atoms with Gasteiger partial charge in [0.2, 0.25) is 5.91 Å². The molecule has 0 saturated heterocycles. The van der Waals surface area contributed by atoms with Crippen molar-refractivity contribution < 1.29 is 4.79 Å². The van der Waals surface area contributed by atoms with Crippen molar-refractivity contribution >= 4 is 43.9 Å². The van der Waals surface area contributed by atoms with Crippen molar-refractivity contribution in [3.63, 3.8) is 0 Å². The predicted molar refractivity (Wildman–Crippen MR) is 107 cm³/mol. The highest BCUT2D eigenvalue weighted by Crippen LogP contribution is 2.41. The van der Waals surface area contributed by atoms with Gasteiger partial charge in [0.15, 0.2) is 9.96 Å². The summed E-state index contributed by atoms with van der Waals surface area (Å²) in [6.07, 6.45) is 4.53. The largest absolute Gasteiger partial charge is 0.300 e. The van der Waals surface area contributed by atoms with Gasteiger partial charge in [-0.2, -0.15) is 0 Å². The molecule has 3 heterocycles. The van der Waals surface area contributed by atoms with Crippen molar-refractivity contribution in [2.75, 3.05) is 5.32 Å². The van der Waals surface area contributed by atoms with Gasteiger partial charge in [0.05, 0.1) is 5.39 Å². The van der Waals surface area contributed by atoms with E-state index in [1.165, 1.54) is 16.2 Å². The summed E-state index contributed by atoms with van der Waals surface area (Å²) in [6.45, 7) is 6.63. The Morgan fingerprint density at radius 2 is 2.22 bits per heavy atom. The second kappa shape index (κ2) is 6.79. The van der Waals surface area contributed by atoms with Gasteiger partial charge in [0, 0.05) is 16.5 Å². The quantitative estimate of drug-likeness (QED) is 0.726. The van der Waals surface area contributed by atoms with Crippen molar-refractivity contribution in [1.82, 2.24) is 20.0 Å². The van der Waals surface area contributed by atoms with Gasteiger partial charge in [0.25, 0.3) is 5.56 Å². The van der Waals surface area contributed by atoms with Crippen LogP contribution < -0.4 is 10.9 Å². The third-order valence-corrected chi connectivity index (χ3v) is 6.96. The van der Waals surface area contributed by atoms with Crippen LogP contribution in [0.15, 0.2) is 16.4 Å². The molecule has 7 nitrogen and oxygen atoms in total. The molecule has 27 heavy (non-hydrogen) atoms. The summed E-state index contributed by atoms with van der Waals surface area (Å²) in [5, 5.41) is 13.8. The van der Waals surface area contributed by atoms with Crippen molar-refractivity contribution in [2.24, 2.45) is 11.3 Å². The number of amides is 1. The molecular weight excluding hydrogens is 382 g/mol. The third-order valence-electron chi connectivity index (χ3n) is 5.14. The van der Waals surface area contributed by atoms with Crippen LogP contribution in [0.25, 0.3) is 10.2 Å². The van der Waals surface area contributed by atoms with Crippen LogP contribution in [0.2, 0.25) is 0 Å². The summed E-state index contributed by atoms with van der Waals surface area (Å²) in [7, 11) is 0. The van der Waals surface area contributed by atoms with Gasteiger partial charge >= 0.3 is 0 Å². The zero-order valence-corrected chi connectivity index (χ0v) is 17.1. The number of nitrogens with zero attached hydrogens (tertiary/aromatic N) is 4.